The molecule has 0 bridgehead atoms. The van der Waals surface area contributed by atoms with Gasteiger partial charge in [-0.3, -0.25) is 4.79 Å². The van der Waals surface area contributed by atoms with Crippen LogP contribution in [-0.4, -0.2) is 37.7 Å². The quantitative estimate of drug-likeness (QED) is 0.765. The number of ether oxygens (including phenoxy) is 1. The van der Waals surface area contributed by atoms with E-state index in [4.69, 9.17) is 9.84 Å². The first-order chi connectivity index (χ1) is 8.41. The third-order valence-electron chi connectivity index (χ3n) is 2.12. The number of aliphatic carboxylic acids is 1. The van der Waals surface area contributed by atoms with Crippen LogP contribution < -0.4 is 0 Å². The number of carbonyl (C=O) groups is 1. The van der Waals surface area contributed by atoms with Crippen molar-refractivity contribution in [1.82, 2.24) is 14.8 Å². The standard InChI is InChI=1S/C11H19N3O3S/c1-7(2)14-9(5-17-8(3)4)12-13-11(14)18-6-10(15)16/h7-8H,5-6H2,1-4H3,(H,15,16). The number of nitrogens with zero attached hydrogens (tertiary/aromatic N) is 3. The van der Waals surface area contributed by atoms with Gasteiger partial charge in [-0.05, 0) is 27.7 Å². The Morgan fingerprint density at radius 1 is 1.39 bits per heavy atom. The molecule has 1 heterocycles. The lowest BCUT2D eigenvalue weighted by atomic mass is 10.4. The van der Waals surface area contributed by atoms with Gasteiger partial charge in [0.25, 0.3) is 0 Å². The van der Waals surface area contributed by atoms with Gasteiger partial charge in [0.05, 0.1) is 11.9 Å². The predicted octanol–water partition coefficient (Wildman–Crippen LogP) is 1.96. The van der Waals surface area contributed by atoms with Crippen molar-refractivity contribution in [3.63, 3.8) is 0 Å². The highest BCUT2D eigenvalue weighted by molar-refractivity contribution is 7.99. The highest BCUT2D eigenvalue weighted by Crippen LogP contribution is 2.21. The Balaban J connectivity index is 2.81. The number of thioether (sulfide) groups is 1. The summed E-state index contributed by atoms with van der Waals surface area (Å²) >= 11 is 1.17. The number of hydrogen-bond acceptors (Lipinski definition) is 5. The van der Waals surface area contributed by atoms with E-state index >= 15 is 0 Å². The van der Waals surface area contributed by atoms with Gasteiger partial charge in [-0.1, -0.05) is 11.8 Å². The third kappa shape index (κ3) is 4.30. The molecule has 0 aliphatic heterocycles. The zero-order chi connectivity index (χ0) is 13.7. The van der Waals surface area contributed by atoms with Crippen LogP contribution in [0.1, 0.15) is 39.6 Å². The number of carboxylic acid groups (broad SMARTS) is 1. The summed E-state index contributed by atoms with van der Waals surface area (Å²) in [5.74, 6) is -0.152. The maximum absolute atomic E-state index is 10.6. The van der Waals surface area contributed by atoms with E-state index < -0.39 is 5.97 Å². The molecule has 0 aromatic carbocycles. The van der Waals surface area contributed by atoms with E-state index in [2.05, 4.69) is 10.2 Å². The van der Waals surface area contributed by atoms with E-state index in [-0.39, 0.29) is 17.9 Å². The van der Waals surface area contributed by atoms with Gasteiger partial charge in [-0.25, -0.2) is 0 Å². The van der Waals surface area contributed by atoms with Crippen molar-refractivity contribution in [2.45, 2.75) is 51.6 Å². The molecule has 1 aromatic heterocycles. The van der Waals surface area contributed by atoms with Gasteiger partial charge in [-0.15, -0.1) is 10.2 Å². The molecule has 0 atom stereocenters. The minimum absolute atomic E-state index is 0.0180. The van der Waals surface area contributed by atoms with Crippen molar-refractivity contribution in [2.24, 2.45) is 0 Å². The van der Waals surface area contributed by atoms with Crippen LogP contribution in [0.2, 0.25) is 0 Å². The van der Waals surface area contributed by atoms with E-state index in [9.17, 15) is 4.79 Å². The average molecular weight is 273 g/mol. The SMILES string of the molecule is CC(C)OCc1nnc(SCC(=O)O)n1C(C)C. The summed E-state index contributed by atoms with van der Waals surface area (Å²) in [6, 6.07) is 0.169. The zero-order valence-corrected chi connectivity index (χ0v) is 11.9. The minimum Gasteiger partial charge on any atom is -0.481 e. The van der Waals surface area contributed by atoms with Crippen LogP contribution in [0, 0.1) is 0 Å². The number of carboxylic acids is 1. The summed E-state index contributed by atoms with van der Waals surface area (Å²) in [6.07, 6.45) is 0.123. The summed E-state index contributed by atoms with van der Waals surface area (Å²) in [4.78, 5) is 10.6. The molecule has 1 rings (SSSR count). The van der Waals surface area contributed by atoms with Gasteiger partial charge in [0.15, 0.2) is 11.0 Å². The molecule has 0 fully saturated rings. The Bertz CT molecular complexity index is 404. The summed E-state index contributed by atoms with van der Waals surface area (Å²) in [7, 11) is 0. The van der Waals surface area contributed by atoms with Crippen LogP contribution in [0.25, 0.3) is 0 Å². The molecule has 0 radical (unpaired) electrons. The van der Waals surface area contributed by atoms with Crippen LogP contribution >= 0.6 is 11.8 Å². The van der Waals surface area contributed by atoms with E-state index in [1.165, 1.54) is 11.8 Å². The van der Waals surface area contributed by atoms with Crippen LogP contribution in [0.3, 0.4) is 0 Å². The fourth-order valence-electron chi connectivity index (χ4n) is 1.39. The largest absolute Gasteiger partial charge is 0.481 e. The van der Waals surface area contributed by atoms with Crippen LogP contribution in [-0.2, 0) is 16.1 Å². The van der Waals surface area contributed by atoms with Crippen LogP contribution in [0.15, 0.2) is 5.16 Å². The van der Waals surface area contributed by atoms with Crippen molar-refractivity contribution in [1.29, 1.82) is 0 Å². The van der Waals surface area contributed by atoms with Crippen molar-refractivity contribution < 1.29 is 14.6 Å². The molecule has 0 spiro atoms. The molecule has 18 heavy (non-hydrogen) atoms. The molecular weight excluding hydrogens is 254 g/mol. The molecule has 0 aliphatic rings. The Labute approximate surface area is 111 Å². The fraction of sp³-hybridized carbons (Fsp3) is 0.727. The molecule has 0 amide bonds. The van der Waals surface area contributed by atoms with Crippen molar-refractivity contribution in [3.05, 3.63) is 5.82 Å². The highest BCUT2D eigenvalue weighted by atomic mass is 32.2. The Hall–Kier alpha value is -1.08. The Morgan fingerprint density at radius 2 is 2.06 bits per heavy atom. The maximum Gasteiger partial charge on any atom is 0.313 e. The maximum atomic E-state index is 10.6. The normalized spacial score (nSPS) is 11.4. The number of aromatic nitrogens is 3. The smallest absolute Gasteiger partial charge is 0.313 e. The molecular formula is C11H19N3O3S. The molecule has 0 saturated heterocycles. The molecule has 7 heteroatoms. The predicted molar refractivity (Wildman–Crippen MR) is 68.7 cm³/mol. The lowest BCUT2D eigenvalue weighted by Crippen LogP contribution is -2.12. The molecule has 0 unspecified atom stereocenters. The molecule has 0 aliphatic carbocycles. The van der Waals surface area contributed by atoms with E-state index in [1.807, 2.05) is 32.3 Å². The third-order valence-corrected chi connectivity index (χ3v) is 3.05. The van der Waals surface area contributed by atoms with Crippen molar-refractivity contribution in [3.8, 4) is 0 Å². The first-order valence-corrected chi connectivity index (χ1v) is 6.80. The zero-order valence-electron chi connectivity index (χ0n) is 11.1. The first-order valence-electron chi connectivity index (χ1n) is 5.81. The average Bonchev–Trinajstić information content (AvgIpc) is 2.66. The summed E-state index contributed by atoms with van der Waals surface area (Å²) < 4.78 is 7.42. The van der Waals surface area contributed by atoms with E-state index in [0.29, 0.717) is 11.8 Å². The Kier molecular flexibility index (Phi) is 5.61. The van der Waals surface area contributed by atoms with E-state index in [0.717, 1.165) is 5.82 Å². The van der Waals surface area contributed by atoms with Crippen molar-refractivity contribution in [2.75, 3.05) is 5.75 Å². The first kappa shape index (κ1) is 15.0. The molecule has 1 N–H and O–H groups in total. The number of hydrogen-bond donors (Lipinski definition) is 1. The molecule has 6 nitrogen and oxygen atoms in total. The highest BCUT2D eigenvalue weighted by Gasteiger charge is 2.16. The van der Waals surface area contributed by atoms with Gasteiger partial charge >= 0.3 is 5.97 Å². The van der Waals surface area contributed by atoms with Gasteiger partial charge in [0, 0.05) is 6.04 Å². The minimum atomic E-state index is -0.863. The summed E-state index contributed by atoms with van der Waals surface area (Å²) in [5.41, 5.74) is 0. The molecule has 102 valence electrons. The number of rotatable bonds is 7. The van der Waals surface area contributed by atoms with Crippen LogP contribution in [0.4, 0.5) is 0 Å². The monoisotopic (exact) mass is 273 g/mol. The van der Waals surface area contributed by atoms with Crippen molar-refractivity contribution >= 4 is 17.7 Å². The van der Waals surface area contributed by atoms with Gasteiger partial charge in [0.2, 0.25) is 0 Å². The second-order valence-electron chi connectivity index (χ2n) is 4.40. The van der Waals surface area contributed by atoms with E-state index in [1.54, 1.807) is 0 Å². The Morgan fingerprint density at radius 3 is 2.56 bits per heavy atom. The van der Waals surface area contributed by atoms with Crippen LogP contribution in [0.5, 0.6) is 0 Å². The van der Waals surface area contributed by atoms with Gasteiger partial charge in [-0.2, -0.15) is 0 Å². The second-order valence-corrected chi connectivity index (χ2v) is 5.35. The molecule has 0 saturated carbocycles. The lowest BCUT2D eigenvalue weighted by molar-refractivity contribution is -0.133. The van der Waals surface area contributed by atoms with Gasteiger partial charge < -0.3 is 14.4 Å². The summed E-state index contributed by atoms with van der Waals surface area (Å²) in [6.45, 7) is 8.31. The topological polar surface area (TPSA) is 77.2 Å². The lowest BCUT2D eigenvalue weighted by Gasteiger charge is -2.14. The molecule has 1 aromatic rings. The fourth-order valence-corrected chi connectivity index (χ4v) is 2.20. The second kappa shape index (κ2) is 6.75. The van der Waals surface area contributed by atoms with Gasteiger partial charge in [0.1, 0.15) is 6.61 Å². The summed E-state index contributed by atoms with van der Waals surface area (Å²) in [5, 5.41) is 17.4.